The Bertz CT molecular complexity index is 1140. The molecular weight excluding hydrogens is 397 g/mol. The Morgan fingerprint density at radius 2 is 1.60 bits per heavy atom. The number of aryl methyl sites for hydroxylation is 1. The van der Waals surface area contributed by atoms with Gasteiger partial charge in [-0.15, -0.1) is 0 Å². The summed E-state index contributed by atoms with van der Waals surface area (Å²) in [4.78, 5) is 0.202. The lowest BCUT2D eigenvalue weighted by atomic mass is 9.92. The van der Waals surface area contributed by atoms with E-state index < -0.39 is 10.0 Å². The molecule has 5 heteroatoms. The van der Waals surface area contributed by atoms with Crippen molar-refractivity contribution in [2.24, 2.45) is 0 Å². The van der Waals surface area contributed by atoms with Crippen LogP contribution in [-0.4, -0.2) is 8.42 Å². The largest absolute Gasteiger partial charge is 0.280 e. The van der Waals surface area contributed by atoms with E-state index in [2.05, 4.69) is 10.8 Å². The Morgan fingerprint density at radius 3 is 2.30 bits per heavy atom. The highest BCUT2D eigenvalue weighted by atomic mass is 32.2. The van der Waals surface area contributed by atoms with Crippen molar-refractivity contribution < 1.29 is 12.8 Å². The van der Waals surface area contributed by atoms with E-state index in [0.29, 0.717) is 17.7 Å². The average molecular weight is 426 g/mol. The van der Waals surface area contributed by atoms with Gasteiger partial charge in [0.2, 0.25) is 0 Å². The molecule has 1 unspecified atom stereocenters. The van der Waals surface area contributed by atoms with Gasteiger partial charge in [0, 0.05) is 5.69 Å². The average Bonchev–Trinajstić information content (AvgIpc) is 2.70. The fourth-order valence-electron chi connectivity index (χ4n) is 3.47. The summed E-state index contributed by atoms with van der Waals surface area (Å²) in [5.74, 6) is -0.00563. The number of sulfonamides is 1. The Labute approximate surface area is 179 Å². The van der Waals surface area contributed by atoms with Crippen LogP contribution in [0.25, 0.3) is 0 Å². The normalized spacial score (nSPS) is 12.7. The van der Waals surface area contributed by atoms with E-state index in [1.165, 1.54) is 12.1 Å². The van der Waals surface area contributed by atoms with Crippen molar-refractivity contribution in [3.8, 4) is 0 Å². The molecule has 0 radical (unpaired) electrons. The van der Waals surface area contributed by atoms with Gasteiger partial charge in [0.15, 0.2) is 0 Å². The van der Waals surface area contributed by atoms with Crippen molar-refractivity contribution in [3.63, 3.8) is 0 Å². The minimum Gasteiger partial charge on any atom is -0.280 e. The summed E-state index contributed by atoms with van der Waals surface area (Å²) in [5.41, 5.74) is 4.08. The predicted molar refractivity (Wildman–Crippen MR) is 121 cm³/mol. The molecule has 1 N–H and O–H groups in total. The van der Waals surface area contributed by atoms with Crippen molar-refractivity contribution in [2.75, 3.05) is 4.72 Å². The van der Waals surface area contributed by atoms with Crippen molar-refractivity contribution in [3.05, 3.63) is 94.8 Å². The van der Waals surface area contributed by atoms with E-state index in [1.807, 2.05) is 52.0 Å². The fourth-order valence-corrected chi connectivity index (χ4v) is 4.58. The van der Waals surface area contributed by atoms with E-state index >= 15 is 0 Å². The minimum atomic E-state index is -3.76. The first-order valence-corrected chi connectivity index (χ1v) is 11.6. The van der Waals surface area contributed by atoms with Gasteiger partial charge in [-0.05, 0) is 72.2 Å². The lowest BCUT2D eigenvalue weighted by Crippen LogP contribution is -2.14. The minimum absolute atomic E-state index is 0.106. The topological polar surface area (TPSA) is 46.2 Å². The van der Waals surface area contributed by atoms with Gasteiger partial charge < -0.3 is 0 Å². The highest BCUT2D eigenvalue weighted by Crippen LogP contribution is 2.26. The first kappa shape index (κ1) is 22.0. The molecule has 0 aromatic heterocycles. The summed E-state index contributed by atoms with van der Waals surface area (Å²) in [6, 6.07) is 19.4. The van der Waals surface area contributed by atoms with E-state index in [-0.39, 0.29) is 22.5 Å². The fraction of sp³-hybridized carbons (Fsp3) is 0.280. The van der Waals surface area contributed by atoms with Crippen LogP contribution in [0.4, 0.5) is 10.1 Å². The van der Waals surface area contributed by atoms with Gasteiger partial charge in [-0.2, -0.15) is 0 Å². The number of hydrogen-bond donors (Lipinski definition) is 1. The maximum atomic E-state index is 14.4. The van der Waals surface area contributed by atoms with Crippen LogP contribution >= 0.6 is 0 Å². The molecule has 0 fully saturated rings. The SMILES string of the molecule is Cc1cccc(C(C)Cc2cc(NS(=O)(=O)c3cccc(C(C)C)c3)ccc2F)c1. The highest BCUT2D eigenvalue weighted by molar-refractivity contribution is 7.92. The summed E-state index contributed by atoms with van der Waals surface area (Å²) in [5, 5.41) is 0. The van der Waals surface area contributed by atoms with Crippen LogP contribution in [0.3, 0.4) is 0 Å². The summed E-state index contributed by atoms with van der Waals surface area (Å²) >= 11 is 0. The number of hydrogen-bond acceptors (Lipinski definition) is 2. The molecule has 3 aromatic carbocycles. The van der Waals surface area contributed by atoms with Gasteiger partial charge in [-0.25, -0.2) is 12.8 Å². The zero-order valence-electron chi connectivity index (χ0n) is 17.8. The standard InChI is InChI=1S/C25H28FNO2S/c1-17(2)20-8-6-10-24(16-20)30(28,29)27-23-11-12-25(26)22(15-23)14-19(4)21-9-5-7-18(3)13-21/h5-13,15-17,19,27H,14H2,1-4H3. The highest BCUT2D eigenvalue weighted by Gasteiger charge is 2.17. The Hall–Kier alpha value is -2.66. The van der Waals surface area contributed by atoms with Crippen LogP contribution in [0.2, 0.25) is 0 Å². The lowest BCUT2D eigenvalue weighted by Gasteiger charge is -2.15. The van der Waals surface area contributed by atoms with Gasteiger partial charge in [-0.1, -0.05) is 62.7 Å². The Kier molecular flexibility index (Phi) is 6.61. The van der Waals surface area contributed by atoms with Crippen molar-refractivity contribution in [2.45, 2.75) is 50.8 Å². The van der Waals surface area contributed by atoms with Crippen molar-refractivity contribution in [1.82, 2.24) is 0 Å². The third-order valence-electron chi connectivity index (χ3n) is 5.27. The molecule has 0 bridgehead atoms. The van der Waals surface area contributed by atoms with Crippen LogP contribution in [0.1, 0.15) is 54.9 Å². The second-order valence-electron chi connectivity index (χ2n) is 8.16. The molecule has 3 nitrogen and oxygen atoms in total. The molecule has 0 amide bonds. The van der Waals surface area contributed by atoms with E-state index in [9.17, 15) is 12.8 Å². The van der Waals surface area contributed by atoms with Crippen LogP contribution < -0.4 is 4.72 Å². The first-order valence-electron chi connectivity index (χ1n) is 10.1. The molecule has 0 saturated heterocycles. The molecule has 0 aliphatic carbocycles. The number of halogens is 1. The van der Waals surface area contributed by atoms with Crippen LogP contribution in [0.15, 0.2) is 71.6 Å². The summed E-state index contributed by atoms with van der Waals surface area (Å²) < 4.78 is 42.7. The van der Waals surface area contributed by atoms with Crippen molar-refractivity contribution in [1.29, 1.82) is 0 Å². The monoisotopic (exact) mass is 425 g/mol. The summed E-state index contributed by atoms with van der Waals surface area (Å²) in [7, 11) is -3.76. The molecule has 30 heavy (non-hydrogen) atoms. The molecule has 1 atom stereocenters. The molecule has 0 aliphatic rings. The molecule has 0 aliphatic heterocycles. The van der Waals surface area contributed by atoms with E-state index in [0.717, 1.165) is 16.7 Å². The Morgan fingerprint density at radius 1 is 0.900 bits per heavy atom. The van der Waals surface area contributed by atoms with Gasteiger partial charge in [0.1, 0.15) is 5.82 Å². The second kappa shape index (κ2) is 9.00. The molecule has 158 valence electrons. The van der Waals surface area contributed by atoms with Gasteiger partial charge >= 0.3 is 0 Å². The molecule has 3 aromatic rings. The molecular formula is C25H28FNO2S. The smallest absolute Gasteiger partial charge is 0.261 e. The third kappa shape index (κ3) is 5.28. The maximum absolute atomic E-state index is 14.4. The number of benzene rings is 3. The van der Waals surface area contributed by atoms with Crippen LogP contribution in [0, 0.1) is 12.7 Å². The molecule has 0 spiro atoms. The Balaban J connectivity index is 1.83. The van der Waals surface area contributed by atoms with E-state index in [1.54, 1.807) is 24.3 Å². The number of nitrogens with one attached hydrogen (secondary N) is 1. The first-order chi connectivity index (χ1) is 14.2. The number of rotatable bonds is 7. The quantitative estimate of drug-likeness (QED) is 0.476. The summed E-state index contributed by atoms with van der Waals surface area (Å²) in [6.07, 6.45) is 0.480. The van der Waals surface area contributed by atoms with Crippen LogP contribution in [0.5, 0.6) is 0 Å². The molecule has 3 rings (SSSR count). The van der Waals surface area contributed by atoms with Gasteiger partial charge in [0.25, 0.3) is 10.0 Å². The number of anilines is 1. The van der Waals surface area contributed by atoms with Crippen molar-refractivity contribution >= 4 is 15.7 Å². The zero-order chi connectivity index (χ0) is 21.9. The third-order valence-corrected chi connectivity index (χ3v) is 6.65. The maximum Gasteiger partial charge on any atom is 0.261 e. The molecule has 0 heterocycles. The van der Waals surface area contributed by atoms with E-state index in [4.69, 9.17) is 0 Å². The summed E-state index contributed by atoms with van der Waals surface area (Å²) in [6.45, 7) is 8.10. The lowest BCUT2D eigenvalue weighted by molar-refractivity contribution is 0.596. The predicted octanol–water partition coefficient (Wildman–Crippen LogP) is 6.40. The second-order valence-corrected chi connectivity index (χ2v) is 9.84. The molecule has 0 saturated carbocycles. The van der Waals surface area contributed by atoms with Gasteiger partial charge in [-0.3, -0.25) is 4.72 Å². The van der Waals surface area contributed by atoms with Crippen LogP contribution in [-0.2, 0) is 16.4 Å². The van der Waals surface area contributed by atoms with Gasteiger partial charge in [0.05, 0.1) is 4.90 Å². The zero-order valence-corrected chi connectivity index (χ0v) is 18.6.